The van der Waals surface area contributed by atoms with Gasteiger partial charge < -0.3 is 9.88 Å². The Morgan fingerprint density at radius 2 is 2.09 bits per heavy atom. The zero-order valence-corrected chi connectivity index (χ0v) is 13.6. The van der Waals surface area contributed by atoms with Crippen molar-refractivity contribution < 1.29 is 0 Å². The van der Waals surface area contributed by atoms with E-state index in [1.54, 1.807) is 11.3 Å². The third kappa shape index (κ3) is 2.92. The molecular weight excluding hydrogens is 304 g/mol. The van der Waals surface area contributed by atoms with Crippen molar-refractivity contribution >= 4 is 33.3 Å². The number of benzene rings is 1. The largest absolute Gasteiger partial charge is 0.357 e. The predicted molar refractivity (Wildman–Crippen MR) is 97.0 cm³/mol. The van der Waals surface area contributed by atoms with Crippen LogP contribution in [0.3, 0.4) is 0 Å². The molecule has 1 saturated heterocycles. The summed E-state index contributed by atoms with van der Waals surface area (Å²) in [6, 6.07) is 10.6. The van der Waals surface area contributed by atoms with Crippen molar-refractivity contribution in [3.63, 3.8) is 0 Å². The van der Waals surface area contributed by atoms with E-state index in [-0.39, 0.29) is 0 Å². The fourth-order valence-corrected chi connectivity index (χ4v) is 3.91. The molecule has 0 saturated carbocycles. The maximum Gasteiger partial charge on any atom is 0.130 e. The maximum atomic E-state index is 8.08. The van der Waals surface area contributed by atoms with E-state index >= 15 is 0 Å². The second-order valence-electron chi connectivity index (χ2n) is 5.74. The Morgan fingerprint density at radius 1 is 1.26 bits per heavy atom. The van der Waals surface area contributed by atoms with E-state index in [1.807, 2.05) is 18.3 Å². The van der Waals surface area contributed by atoms with Crippen LogP contribution in [-0.4, -0.2) is 33.8 Å². The van der Waals surface area contributed by atoms with Crippen LogP contribution in [0.1, 0.15) is 18.7 Å². The lowest BCUT2D eigenvalue weighted by atomic mass is 10.2. The number of nitrogens with zero attached hydrogens (tertiary/aromatic N) is 2. The Hall–Kier alpha value is -2.40. The lowest BCUT2D eigenvalue weighted by Gasteiger charge is -2.14. The number of thiophene rings is 1. The molecular formula is C18H18N4S. The van der Waals surface area contributed by atoms with Crippen LogP contribution in [0.25, 0.3) is 26.7 Å². The quantitative estimate of drug-likeness (QED) is 0.555. The molecule has 0 bridgehead atoms. The minimum Gasteiger partial charge on any atom is -0.357 e. The zero-order chi connectivity index (χ0) is 15.6. The van der Waals surface area contributed by atoms with E-state index in [2.05, 4.69) is 45.2 Å². The van der Waals surface area contributed by atoms with Crippen LogP contribution in [0.15, 0.2) is 42.6 Å². The van der Waals surface area contributed by atoms with Gasteiger partial charge in [0, 0.05) is 17.8 Å². The first-order valence-electron chi connectivity index (χ1n) is 7.85. The molecule has 0 aliphatic carbocycles. The van der Waals surface area contributed by atoms with Gasteiger partial charge in [0.15, 0.2) is 0 Å². The van der Waals surface area contributed by atoms with E-state index in [4.69, 9.17) is 5.41 Å². The molecule has 116 valence electrons. The number of likely N-dealkylation sites (tertiary alicyclic amines) is 1. The number of fused-ring (bicyclic) bond motifs is 1. The fraction of sp³-hybridized carbons (Fsp3) is 0.222. The molecule has 23 heavy (non-hydrogen) atoms. The highest BCUT2D eigenvalue weighted by Crippen LogP contribution is 2.32. The molecule has 5 heteroatoms. The summed E-state index contributed by atoms with van der Waals surface area (Å²) in [6.45, 7) is 1.99. The molecule has 1 aliphatic heterocycles. The van der Waals surface area contributed by atoms with Gasteiger partial charge in [-0.15, -0.1) is 11.3 Å². The van der Waals surface area contributed by atoms with E-state index in [1.165, 1.54) is 27.8 Å². The monoisotopic (exact) mass is 322 g/mol. The summed E-state index contributed by atoms with van der Waals surface area (Å²) in [5.74, 6) is 1.36. The van der Waals surface area contributed by atoms with E-state index < -0.39 is 0 Å². The Morgan fingerprint density at radius 3 is 2.91 bits per heavy atom. The van der Waals surface area contributed by atoms with Crippen molar-refractivity contribution in [3.8, 4) is 10.6 Å². The Bertz CT molecular complexity index is 835. The highest BCUT2D eigenvalue weighted by molar-refractivity contribution is 7.22. The molecule has 0 spiro atoms. The third-order valence-corrected chi connectivity index (χ3v) is 5.28. The molecule has 2 aromatic heterocycles. The Balaban J connectivity index is 1.53. The number of aromatic nitrogens is 2. The number of H-pyrrole nitrogens is 1. The second-order valence-corrected chi connectivity index (χ2v) is 6.83. The molecule has 3 heterocycles. The molecule has 1 aliphatic rings. The first-order chi connectivity index (χ1) is 11.3. The van der Waals surface area contributed by atoms with Gasteiger partial charge in [0.1, 0.15) is 11.7 Å². The zero-order valence-electron chi connectivity index (χ0n) is 12.7. The molecule has 1 fully saturated rings. The highest BCUT2D eigenvalue weighted by Gasteiger charge is 2.12. The summed E-state index contributed by atoms with van der Waals surface area (Å²) in [5, 5.41) is 9.34. The van der Waals surface area contributed by atoms with Crippen molar-refractivity contribution in [2.75, 3.05) is 13.1 Å². The summed E-state index contributed by atoms with van der Waals surface area (Å²) in [7, 11) is 0. The molecule has 4 rings (SSSR count). The summed E-state index contributed by atoms with van der Waals surface area (Å²) >= 11 is 1.76. The lowest BCUT2D eigenvalue weighted by Crippen LogP contribution is -2.24. The Labute approximate surface area is 139 Å². The van der Waals surface area contributed by atoms with Crippen LogP contribution >= 0.6 is 11.3 Å². The molecule has 0 atom stereocenters. The minimum atomic E-state index is 0.572. The molecule has 4 nitrogen and oxygen atoms in total. The molecule has 2 N–H and O–H groups in total. The van der Waals surface area contributed by atoms with Crippen LogP contribution < -0.4 is 0 Å². The summed E-state index contributed by atoms with van der Waals surface area (Å²) in [4.78, 5) is 11.0. The summed E-state index contributed by atoms with van der Waals surface area (Å²) in [5.41, 5.74) is 1.03. The number of rotatable bonds is 3. The third-order valence-electron chi connectivity index (χ3n) is 4.13. The van der Waals surface area contributed by atoms with E-state index in [0.29, 0.717) is 5.84 Å². The average molecular weight is 322 g/mol. The smallest absolute Gasteiger partial charge is 0.130 e. The number of amidine groups is 1. The maximum absolute atomic E-state index is 8.08. The van der Waals surface area contributed by atoms with Gasteiger partial charge in [0.25, 0.3) is 0 Å². The SMILES string of the molecule is N=C(/C=C\c1ncc(-c2cc3ccccc3s2)[nH]1)N1CCCC1. The van der Waals surface area contributed by atoms with Gasteiger partial charge in [-0.05, 0) is 42.5 Å². The highest BCUT2D eigenvalue weighted by atomic mass is 32.1. The van der Waals surface area contributed by atoms with Gasteiger partial charge in [-0.3, -0.25) is 5.41 Å². The molecule has 0 unspecified atom stereocenters. The van der Waals surface area contributed by atoms with Crippen LogP contribution in [0.2, 0.25) is 0 Å². The van der Waals surface area contributed by atoms with Crippen LogP contribution in [0.4, 0.5) is 0 Å². The molecule has 0 amide bonds. The first kappa shape index (κ1) is 14.2. The number of nitrogens with one attached hydrogen (secondary N) is 2. The minimum absolute atomic E-state index is 0.572. The summed E-state index contributed by atoms with van der Waals surface area (Å²) in [6.07, 6.45) is 7.96. The summed E-state index contributed by atoms with van der Waals surface area (Å²) < 4.78 is 1.28. The van der Waals surface area contributed by atoms with Crippen molar-refractivity contribution in [2.24, 2.45) is 0 Å². The predicted octanol–water partition coefficient (Wildman–Crippen LogP) is 4.38. The first-order valence-corrected chi connectivity index (χ1v) is 8.67. The number of hydrogen-bond donors (Lipinski definition) is 2. The number of imidazole rings is 1. The average Bonchev–Trinajstić information content (AvgIpc) is 3.31. The topological polar surface area (TPSA) is 55.8 Å². The standard InChI is InChI=1S/C18H18N4S/c19-17(22-9-3-4-10-22)7-8-18-20-12-14(21-18)16-11-13-5-1-2-6-15(13)23-16/h1-2,5-8,11-12,19H,3-4,9-10H2,(H,20,21)/b8-7-,19-17?. The van der Waals surface area contributed by atoms with Crippen LogP contribution in [0.5, 0.6) is 0 Å². The lowest BCUT2D eigenvalue weighted by molar-refractivity contribution is 0.519. The van der Waals surface area contributed by atoms with E-state index in [9.17, 15) is 0 Å². The Kier molecular flexibility index (Phi) is 3.71. The van der Waals surface area contributed by atoms with Gasteiger partial charge >= 0.3 is 0 Å². The fourth-order valence-electron chi connectivity index (χ4n) is 2.88. The number of hydrogen-bond acceptors (Lipinski definition) is 3. The molecule has 0 radical (unpaired) electrons. The van der Waals surface area contributed by atoms with Crippen molar-refractivity contribution in [1.29, 1.82) is 5.41 Å². The van der Waals surface area contributed by atoms with Crippen LogP contribution in [-0.2, 0) is 0 Å². The van der Waals surface area contributed by atoms with Gasteiger partial charge in [0.2, 0.25) is 0 Å². The molecule has 1 aromatic carbocycles. The number of aromatic amines is 1. The van der Waals surface area contributed by atoms with Gasteiger partial charge in [-0.1, -0.05) is 18.2 Å². The van der Waals surface area contributed by atoms with Crippen molar-refractivity contribution in [3.05, 3.63) is 48.4 Å². The van der Waals surface area contributed by atoms with Gasteiger partial charge in [-0.2, -0.15) is 0 Å². The second kappa shape index (κ2) is 6.01. The van der Waals surface area contributed by atoms with Gasteiger partial charge in [0.05, 0.1) is 16.8 Å². The van der Waals surface area contributed by atoms with Crippen molar-refractivity contribution in [2.45, 2.75) is 12.8 Å². The van der Waals surface area contributed by atoms with Crippen molar-refractivity contribution in [1.82, 2.24) is 14.9 Å². The normalized spacial score (nSPS) is 15.0. The van der Waals surface area contributed by atoms with Crippen LogP contribution in [0, 0.1) is 5.41 Å². The molecule has 3 aromatic rings. The van der Waals surface area contributed by atoms with Gasteiger partial charge in [-0.25, -0.2) is 4.98 Å². The van der Waals surface area contributed by atoms with E-state index in [0.717, 1.165) is 24.6 Å².